The predicted molar refractivity (Wildman–Crippen MR) is 82.8 cm³/mol. The van der Waals surface area contributed by atoms with Gasteiger partial charge < -0.3 is 18.9 Å². The van der Waals surface area contributed by atoms with Crippen molar-refractivity contribution < 1.29 is 19.2 Å². The number of carbonyl (C=O) groups is 1. The number of nitrogens with one attached hydrogen (secondary N) is 2. The van der Waals surface area contributed by atoms with Gasteiger partial charge in [-0.2, -0.15) is 0 Å². The molecule has 1 aliphatic heterocycles. The summed E-state index contributed by atoms with van der Waals surface area (Å²) < 4.78 is 12.9. The minimum atomic E-state index is -0.562. The van der Waals surface area contributed by atoms with Gasteiger partial charge in [0, 0.05) is 7.05 Å². The number of fused-ring (bicyclic) bond motifs is 1. The van der Waals surface area contributed by atoms with Gasteiger partial charge in [0.25, 0.3) is 5.56 Å². The van der Waals surface area contributed by atoms with E-state index in [1.165, 1.54) is 28.2 Å². The summed E-state index contributed by atoms with van der Waals surface area (Å²) >= 11 is 0. The number of quaternary nitrogens is 1. The van der Waals surface area contributed by atoms with E-state index in [0.29, 0.717) is 25.6 Å². The topological polar surface area (TPSA) is 113 Å². The van der Waals surface area contributed by atoms with Gasteiger partial charge >= 0.3 is 11.7 Å². The molecule has 2 aromatic heterocycles. The zero-order chi connectivity index (χ0) is 17.3. The molecule has 1 saturated heterocycles. The highest BCUT2D eigenvalue weighted by molar-refractivity contribution is 5.75. The highest BCUT2D eigenvalue weighted by Gasteiger charge is 2.23. The third kappa shape index (κ3) is 2.97. The SMILES string of the molecule is COC(=O)Cn1c(C[NH+]2CCOCC2)nc2c1c(=O)[nH]c(=O)n2C. The highest BCUT2D eigenvalue weighted by Crippen LogP contribution is 2.10. The van der Waals surface area contributed by atoms with Crippen LogP contribution in [0.25, 0.3) is 11.2 Å². The second-order valence-electron chi connectivity index (χ2n) is 5.72. The molecule has 10 nitrogen and oxygen atoms in total. The van der Waals surface area contributed by atoms with E-state index in [0.717, 1.165) is 13.1 Å². The first kappa shape index (κ1) is 16.4. The zero-order valence-corrected chi connectivity index (χ0v) is 13.6. The average Bonchev–Trinajstić information content (AvgIpc) is 2.92. The molecule has 2 aromatic rings. The van der Waals surface area contributed by atoms with Crippen molar-refractivity contribution in [2.45, 2.75) is 13.1 Å². The number of aromatic nitrogens is 4. The van der Waals surface area contributed by atoms with Crippen LogP contribution in [0.2, 0.25) is 0 Å². The molecule has 2 N–H and O–H groups in total. The van der Waals surface area contributed by atoms with E-state index < -0.39 is 17.2 Å². The number of imidazole rings is 1. The molecule has 0 bridgehead atoms. The minimum Gasteiger partial charge on any atom is -0.468 e. The van der Waals surface area contributed by atoms with Crippen LogP contribution < -0.4 is 16.1 Å². The van der Waals surface area contributed by atoms with E-state index in [2.05, 4.69) is 9.97 Å². The van der Waals surface area contributed by atoms with Gasteiger partial charge in [0.15, 0.2) is 17.0 Å². The van der Waals surface area contributed by atoms with E-state index in [4.69, 9.17) is 9.47 Å². The van der Waals surface area contributed by atoms with Gasteiger partial charge in [0.1, 0.15) is 26.2 Å². The van der Waals surface area contributed by atoms with Gasteiger partial charge in [-0.1, -0.05) is 0 Å². The Bertz CT molecular complexity index is 874. The number of nitrogens with zero attached hydrogens (tertiary/aromatic N) is 3. The second-order valence-corrected chi connectivity index (χ2v) is 5.72. The van der Waals surface area contributed by atoms with Crippen molar-refractivity contribution in [3.05, 3.63) is 26.7 Å². The van der Waals surface area contributed by atoms with Crippen molar-refractivity contribution in [3.8, 4) is 0 Å². The molecule has 24 heavy (non-hydrogen) atoms. The fraction of sp³-hybridized carbons (Fsp3) is 0.571. The minimum absolute atomic E-state index is 0.132. The first-order valence-corrected chi connectivity index (χ1v) is 7.67. The number of morpholine rings is 1. The van der Waals surface area contributed by atoms with Crippen molar-refractivity contribution >= 4 is 17.1 Å². The van der Waals surface area contributed by atoms with E-state index in [-0.39, 0.29) is 17.7 Å². The summed E-state index contributed by atoms with van der Waals surface area (Å²) in [5, 5.41) is 0. The third-order valence-electron chi connectivity index (χ3n) is 4.21. The summed E-state index contributed by atoms with van der Waals surface area (Å²) in [5.41, 5.74) is -0.645. The molecule has 3 heterocycles. The molecule has 0 amide bonds. The molecule has 0 aliphatic carbocycles. The number of hydrogen-bond donors (Lipinski definition) is 2. The number of hydrogen-bond acceptors (Lipinski definition) is 6. The molecule has 130 valence electrons. The summed E-state index contributed by atoms with van der Waals surface area (Å²) in [6.07, 6.45) is 0. The average molecular weight is 338 g/mol. The van der Waals surface area contributed by atoms with E-state index >= 15 is 0 Å². The number of carbonyl (C=O) groups excluding carboxylic acids is 1. The molecule has 1 fully saturated rings. The number of H-pyrrole nitrogens is 1. The van der Waals surface area contributed by atoms with Crippen molar-refractivity contribution in [2.24, 2.45) is 7.05 Å². The molecule has 0 unspecified atom stereocenters. The molecule has 0 saturated carbocycles. The smallest absolute Gasteiger partial charge is 0.329 e. The molecular formula is C14H20N5O5+. The van der Waals surface area contributed by atoms with Gasteiger partial charge in [-0.3, -0.25) is 19.1 Å². The monoisotopic (exact) mass is 338 g/mol. The second kappa shape index (κ2) is 6.57. The van der Waals surface area contributed by atoms with E-state index in [1.54, 1.807) is 0 Å². The van der Waals surface area contributed by atoms with Crippen LogP contribution >= 0.6 is 0 Å². The summed E-state index contributed by atoms with van der Waals surface area (Å²) in [6, 6.07) is 0. The number of aromatic amines is 1. The molecule has 1 aliphatic rings. The first-order chi connectivity index (χ1) is 11.5. The Labute approximate surface area is 136 Å². The van der Waals surface area contributed by atoms with Crippen LogP contribution in [-0.4, -0.2) is 58.5 Å². The van der Waals surface area contributed by atoms with Gasteiger partial charge in [-0.15, -0.1) is 0 Å². The number of rotatable bonds is 4. The van der Waals surface area contributed by atoms with Gasteiger partial charge in [0.05, 0.1) is 20.3 Å². The van der Waals surface area contributed by atoms with Gasteiger partial charge in [0.2, 0.25) is 0 Å². The van der Waals surface area contributed by atoms with Crippen LogP contribution in [0.15, 0.2) is 9.59 Å². The lowest BCUT2D eigenvalue weighted by molar-refractivity contribution is -0.922. The first-order valence-electron chi connectivity index (χ1n) is 7.67. The Kier molecular flexibility index (Phi) is 4.49. The normalized spacial score (nSPS) is 15.8. The van der Waals surface area contributed by atoms with Crippen molar-refractivity contribution in [1.29, 1.82) is 0 Å². The van der Waals surface area contributed by atoms with Crippen LogP contribution in [-0.2, 0) is 34.4 Å². The fourth-order valence-corrected chi connectivity index (χ4v) is 2.84. The van der Waals surface area contributed by atoms with Gasteiger partial charge in [-0.05, 0) is 0 Å². The Morgan fingerprint density at radius 3 is 2.75 bits per heavy atom. The standard InChI is InChI=1S/C14H19N5O5/c1-17-12-11(13(21)16-14(17)22)19(8-10(20)23-2)9(15-12)7-18-3-5-24-6-4-18/h3-8H2,1-2H3,(H,16,21,22)/p+1. The molecule has 0 spiro atoms. The maximum absolute atomic E-state index is 12.2. The maximum Gasteiger partial charge on any atom is 0.329 e. The van der Waals surface area contributed by atoms with Crippen LogP contribution in [0.1, 0.15) is 5.82 Å². The predicted octanol–water partition coefficient (Wildman–Crippen LogP) is -2.99. The van der Waals surface area contributed by atoms with Crippen molar-refractivity contribution in [2.75, 3.05) is 33.4 Å². The third-order valence-corrected chi connectivity index (χ3v) is 4.21. The van der Waals surface area contributed by atoms with Crippen molar-refractivity contribution in [3.63, 3.8) is 0 Å². The lowest BCUT2D eigenvalue weighted by atomic mass is 10.4. The zero-order valence-electron chi connectivity index (χ0n) is 13.6. The molecule has 0 radical (unpaired) electrons. The number of esters is 1. The number of ether oxygens (including phenoxy) is 2. The van der Waals surface area contributed by atoms with Crippen molar-refractivity contribution in [1.82, 2.24) is 19.1 Å². The fourth-order valence-electron chi connectivity index (χ4n) is 2.84. The van der Waals surface area contributed by atoms with Crippen LogP contribution in [0, 0.1) is 0 Å². The number of aryl methyl sites for hydroxylation is 1. The Balaban J connectivity index is 2.11. The Hall–Kier alpha value is -2.46. The summed E-state index contributed by atoms with van der Waals surface area (Å²) in [5.74, 6) is 0.0831. The van der Waals surface area contributed by atoms with Gasteiger partial charge in [-0.25, -0.2) is 9.78 Å². The quantitative estimate of drug-likeness (QED) is 0.575. The van der Waals surface area contributed by atoms with Crippen LogP contribution in [0.3, 0.4) is 0 Å². The summed E-state index contributed by atoms with van der Waals surface area (Å²) in [4.78, 5) is 43.7. The Morgan fingerprint density at radius 2 is 2.08 bits per heavy atom. The molecular weight excluding hydrogens is 318 g/mol. The lowest BCUT2D eigenvalue weighted by Gasteiger charge is -2.23. The summed E-state index contributed by atoms with van der Waals surface area (Å²) in [6.45, 7) is 3.35. The Morgan fingerprint density at radius 1 is 1.38 bits per heavy atom. The van der Waals surface area contributed by atoms with Crippen LogP contribution in [0.4, 0.5) is 0 Å². The molecule has 10 heteroatoms. The maximum atomic E-state index is 12.2. The lowest BCUT2D eigenvalue weighted by Crippen LogP contribution is -3.12. The highest BCUT2D eigenvalue weighted by atomic mass is 16.5. The summed E-state index contributed by atoms with van der Waals surface area (Å²) in [7, 11) is 2.82. The van der Waals surface area contributed by atoms with E-state index in [9.17, 15) is 14.4 Å². The molecule has 3 rings (SSSR count). The molecule has 0 aromatic carbocycles. The largest absolute Gasteiger partial charge is 0.468 e. The number of methoxy groups -OCH3 is 1. The van der Waals surface area contributed by atoms with E-state index in [1.807, 2.05) is 0 Å². The molecule has 0 atom stereocenters. The van der Waals surface area contributed by atoms with Crippen LogP contribution in [0.5, 0.6) is 0 Å².